The Balaban J connectivity index is 1.58. The molecule has 0 aliphatic carbocycles. The highest BCUT2D eigenvalue weighted by molar-refractivity contribution is 6.05. The fraction of sp³-hybridized carbons (Fsp3) is 0.500. The molecule has 5 nitrogen and oxygen atoms in total. The molecule has 1 N–H and O–H groups in total. The van der Waals surface area contributed by atoms with Gasteiger partial charge in [-0.1, -0.05) is 17.3 Å². The molecule has 1 amide bonds. The summed E-state index contributed by atoms with van der Waals surface area (Å²) in [4.78, 5) is 17.7. The van der Waals surface area contributed by atoms with Crippen LogP contribution in [0, 0.1) is 5.82 Å². The normalized spacial score (nSPS) is 27.4. The van der Waals surface area contributed by atoms with Crippen LogP contribution in [0.15, 0.2) is 29.4 Å². The number of nitrogens with one attached hydrogen (secondary N) is 1. The average Bonchev–Trinajstić information content (AvgIpc) is 3.16. The van der Waals surface area contributed by atoms with Crippen LogP contribution in [0.3, 0.4) is 0 Å². The van der Waals surface area contributed by atoms with Crippen molar-refractivity contribution >= 4 is 11.6 Å². The van der Waals surface area contributed by atoms with Crippen molar-refractivity contribution in [1.82, 2.24) is 5.32 Å². The maximum Gasteiger partial charge on any atom is 0.267 e. The fourth-order valence-corrected chi connectivity index (χ4v) is 2.66. The van der Waals surface area contributed by atoms with Gasteiger partial charge in [0.15, 0.2) is 0 Å². The van der Waals surface area contributed by atoms with Crippen LogP contribution in [-0.4, -0.2) is 36.5 Å². The highest BCUT2D eigenvalue weighted by Gasteiger charge is 2.42. The summed E-state index contributed by atoms with van der Waals surface area (Å²) in [6.07, 6.45) is 2.45. The SMILES string of the molecule is C[C@@]1(C(=O)NC[C@H]2CCCO2)CC(c2ccc(F)cc2)=NO1. The quantitative estimate of drug-likeness (QED) is 0.925. The van der Waals surface area contributed by atoms with Gasteiger partial charge in [0, 0.05) is 19.6 Å². The monoisotopic (exact) mass is 306 g/mol. The number of carbonyl (C=O) groups is 1. The third-order valence-electron chi connectivity index (χ3n) is 4.03. The molecule has 2 aliphatic rings. The minimum Gasteiger partial charge on any atom is -0.379 e. The van der Waals surface area contributed by atoms with Crippen molar-refractivity contribution in [2.75, 3.05) is 13.2 Å². The highest BCUT2D eigenvalue weighted by Crippen LogP contribution is 2.27. The van der Waals surface area contributed by atoms with Crippen molar-refractivity contribution in [3.8, 4) is 0 Å². The molecule has 3 rings (SSSR count). The molecule has 6 heteroatoms. The van der Waals surface area contributed by atoms with Gasteiger partial charge in [-0.15, -0.1) is 0 Å². The lowest BCUT2D eigenvalue weighted by molar-refractivity contribution is -0.142. The first-order valence-electron chi connectivity index (χ1n) is 7.48. The van der Waals surface area contributed by atoms with E-state index in [1.165, 1.54) is 12.1 Å². The molecule has 0 radical (unpaired) electrons. The standard InChI is InChI=1S/C16H19FN2O3/c1-16(15(20)18-10-13-3-2-8-21-13)9-14(19-22-16)11-4-6-12(17)7-5-11/h4-7,13H,2-3,8-10H2,1H3,(H,18,20)/t13-,16+/m1/s1. The molecule has 1 saturated heterocycles. The summed E-state index contributed by atoms with van der Waals surface area (Å²) >= 11 is 0. The van der Waals surface area contributed by atoms with E-state index in [1.54, 1.807) is 19.1 Å². The molecule has 22 heavy (non-hydrogen) atoms. The Labute approximate surface area is 128 Å². The number of hydrogen-bond donors (Lipinski definition) is 1. The molecule has 0 aromatic heterocycles. The van der Waals surface area contributed by atoms with Crippen molar-refractivity contribution in [3.05, 3.63) is 35.6 Å². The first-order chi connectivity index (χ1) is 10.6. The largest absolute Gasteiger partial charge is 0.379 e. The van der Waals surface area contributed by atoms with E-state index in [-0.39, 0.29) is 17.8 Å². The fourth-order valence-electron chi connectivity index (χ4n) is 2.66. The number of hydrogen-bond acceptors (Lipinski definition) is 4. The van der Waals surface area contributed by atoms with E-state index in [2.05, 4.69) is 10.5 Å². The average molecular weight is 306 g/mol. The van der Waals surface area contributed by atoms with Crippen LogP contribution in [-0.2, 0) is 14.4 Å². The zero-order chi connectivity index (χ0) is 15.6. The van der Waals surface area contributed by atoms with Crippen LogP contribution >= 0.6 is 0 Å². The maximum absolute atomic E-state index is 13.0. The van der Waals surface area contributed by atoms with Crippen molar-refractivity contribution in [1.29, 1.82) is 0 Å². The number of benzene rings is 1. The van der Waals surface area contributed by atoms with Gasteiger partial charge in [0.2, 0.25) is 5.60 Å². The van der Waals surface area contributed by atoms with Crippen LogP contribution in [0.1, 0.15) is 31.7 Å². The lowest BCUT2D eigenvalue weighted by Crippen LogP contribution is -2.46. The molecular formula is C16H19FN2O3. The Morgan fingerprint density at radius 2 is 2.23 bits per heavy atom. The Morgan fingerprint density at radius 3 is 2.91 bits per heavy atom. The second-order valence-corrected chi connectivity index (χ2v) is 5.89. The predicted octanol–water partition coefficient (Wildman–Crippen LogP) is 2.00. The lowest BCUT2D eigenvalue weighted by Gasteiger charge is -2.21. The van der Waals surface area contributed by atoms with Gasteiger partial charge in [-0.05, 0) is 37.5 Å². The molecule has 118 valence electrons. The van der Waals surface area contributed by atoms with Crippen molar-refractivity contribution < 1.29 is 18.8 Å². The second-order valence-electron chi connectivity index (χ2n) is 5.89. The molecule has 2 atom stereocenters. The van der Waals surface area contributed by atoms with E-state index in [4.69, 9.17) is 9.57 Å². The Morgan fingerprint density at radius 1 is 1.45 bits per heavy atom. The zero-order valence-electron chi connectivity index (χ0n) is 12.5. The summed E-state index contributed by atoms with van der Waals surface area (Å²) in [5.74, 6) is -0.510. The number of oxime groups is 1. The van der Waals surface area contributed by atoms with Gasteiger partial charge >= 0.3 is 0 Å². The van der Waals surface area contributed by atoms with E-state index >= 15 is 0 Å². The van der Waals surface area contributed by atoms with E-state index in [0.29, 0.717) is 18.7 Å². The van der Waals surface area contributed by atoms with Crippen LogP contribution in [0.5, 0.6) is 0 Å². The zero-order valence-corrected chi connectivity index (χ0v) is 12.5. The number of carbonyl (C=O) groups excluding carboxylic acids is 1. The molecular weight excluding hydrogens is 287 g/mol. The maximum atomic E-state index is 13.0. The van der Waals surface area contributed by atoms with Gasteiger partial charge in [0.05, 0.1) is 11.8 Å². The molecule has 0 saturated carbocycles. The summed E-state index contributed by atoms with van der Waals surface area (Å²) in [7, 11) is 0. The number of nitrogens with zero attached hydrogens (tertiary/aromatic N) is 1. The number of rotatable bonds is 4. The van der Waals surface area contributed by atoms with E-state index in [0.717, 1.165) is 25.0 Å². The summed E-state index contributed by atoms with van der Waals surface area (Å²) in [5, 5.41) is 6.86. The summed E-state index contributed by atoms with van der Waals surface area (Å²) < 4.78 is 18.4. The second kappa shape index (κ2) is 6.04. The summed E-state index contributed by atoms with van der Waals surface area (Å²) in [6, 6.07) is 6.00. The Kier molecular flexibility index (Phi) is 4.11. The first-order valence-corrected chi connectivity index (χ1v) is 7.48. The van der Waals surface area contributed by atoms with Crippen LogP contribution in [0.4, 0.5) is 4.39 Å². The van der Waals surface area contributed by atoms with E-state index in [9.17, 15) is 9.18 Å². The molecule has 1 aromatic carbocycles. The Hall–Kier alpha value is -1.95. The van der Waals surface area contributed by atoms with Crippen LogP contribution in [0.25, 0.3) is 0 Å². The molecule has 2 heterocycles. The topological polar surface area (TPSA) is 59.9 Å². The molecule has 0 spiro atoms. The smallest absolute Gasteiger partial charge is 0.267 e. The molecule has 2 aliphatic heterocycles. The van der Waals surface area contributed by atoms with Crippen LogP contribution < -0.4 is 5.32 Å². The summed E-state index contributed by atoms with van der Waals surface area (Å²) in [5.41, 5.74) is 0.384. The third-order valence-corrected chi connectivity index (χ3v) is 4.03. The van der Waals surface area contributed by atoms with E-state index < -0.39 is 5.60 Å². The van der Waals surface area contributed by atoms with Gasteiger partial charge < -0.3 is 14.9 Å². The van der Waals surface area contributed by atoms with Crippen molar-refractivity contribution in [2.24, 2.45) is 5.16 Å². The number of halogens is 1. The predicted molar refractivity (Wildman–Crippen MR) is 79.0 cm³/mol. The summed E-state index contributed by atoms with van der Waals surface area (Å²) in [6.45, 7) is 2.95. The molecule has 0 bridgehead atoms. The number of ether oxygens (including phenoxy) is 1. The van der Waals surface area contributed by atoms with Gasteiger partial charge in [-0.25, -0.2) is 4.39 Å². The van der Waals surface area contributed by atoms with Gasteiger partial charge in [-0.3, -0.25) is 4.79 Å². The highest BCUT2D eigenvalue weighted by atomic mass is 19.1. The third kappa shape index (κ3) is 3.11. The van der Waals surface area contributed by atoms with Crippen molar-refractivity contribution in [2.45, 2.75) is 37.9 Å². The Bertz CT molecular complexity index is 582. The lowest BCUT2D eigenvalue weighted by atomic mass is 9.95. The molecule has 0 unspecified atom stereocenters. The number of amides is 1. The molecule has 1 aromatic rings. The van der Waals surface area contributed by atoms with Gasteiger partial charge in [0.1, 0.15) is 5.82 Å². The minimum absolute atomic E-state index is 0.0893. The minimum atomic E-state index is -1.03. The molecule has 1 fully saturated rings. The van der Waals surface area contributed by atoms with Crippen LogP contribution in [0.2, 0.25) is 0 Å². The first kappa shape index (κ1) is 15.0. The van der Waals surface area contributed by atoms with Gasteiger partial charge in [0.25, 0.3) is 5.91 Å². The van der Waals surface area contributed by atoms with E-state index in [1.807, 2.05) is 0 Å². The van der Waals surface area contributed by atoms with Gasteiger partial charge in [-0.2, -0.15) is 0 Å². The van der Waals surface area contributed by atoms with Crippen molar-refractivity contribution in [3.63, 3.8) is 0 Å².